The number of aliphatic hydroxyl groups excluding tert-OH is 1. The maximum Gasteiger partial charge on any atom is 0.573 e. The number of nitriles is 1. The molecule has 0 heterocycles. The smallest absolute Gasteiger partial charge is 0.406 e. The molecule has 0 aliphatic carbocycles. The molecule has 0 saturated carbocycles. The van der Waals surface area contributed by atoms with E-state index in [2.05, 4.69) is 10.1 Å². The third-order valence-electron chi connectivity index (χ3n) is 3.44. The molecule has 0 spiro atoms. The molecule has 0 bridgehead atoms. The Morgan fingerprint density at radius 3 is 2.19 bits per heavy atom. The maximum absolute atomic E-state index is 12.9. The molecule has 0 aliphatic heterocycles. The Balaban J connectivity index is 2.05. The van der Waals surface area contributed by atoms with E-state index in [9.17, 15) is 31.4 Å². The molecular weight excluding hydrogens is 378 g/mol. The van der Waals surface area contributed by atoms with Crippen molar-refractivity contribution in [2.24, 2.45) is 0 Å². The molecule has 1 unspecified atom stereocenters. The van der Waals surface area contributed by atoms with Crippen molar-refractivity contribution in [2.45, 2.75) is 18.6 Å². The lowest BCUT2D eigenvalue weighted by Gasteiger charge is -2.16. The Hall–Kier alpha value is -2.93. The lowest BCUT2D eigenvalue weighted by Crippen LogP contribution is -2.17. The van der Waals surface area contributed by atoms with E-state index >= 15 is 0 Å². The molecular formula is C17H12F6N2O2. The van der Waals surface area contributed by atoms with Crippen LogP contribution < -0.4 is 10.1 Å². The molecule has 0 aliphatic rings. The van der Waals surface area contributed by atoms with Crippen LogP contribution in [0.25, 0.3) is 0 Å². The Morgan fingerprint density at radius 2 is 1.67 bits per heavy atom. The number of nitrogens with one attached hydrogen (secondary N) is 1. The minimum absolute atomic E-state index is 0.0254. The number of rotatable bonds is 5. The summed E-state index contributed by atoms with van der Waals surface area (Å²) in [6, 6.07) is 8.87. The molecule has 2 rings (SSSR count). The van der Waals surface area contributed by atoms with Gasteiger partial charge < -0.3 is 15.2 Å². The van der Waals surface area contributed by atoms with Gasteiger partial charge in [0.25, 0.3) is 0 Å². The van der Waals surface area contributed by atoms with Gasteiger partial charge in [0.1, 0.15) is 5.75 Å². The number of nitrogens with zero attached hydrogens (tertiary/aromatic N) is 1. The van der Waals surface area contributed by atoms with Crippen LogP contribution in [0.15, 0.2) is 42.5 Å². The third kappa shape index (κ3) is 5.79. The van der Waals surface area contributed by atoms with Gasteiger partial charge in [0, 0.05) is 12.2 Å². The summed E-state index contributed by atoms with van der Waals surface area (Å²) in [7, 11) is 0. The summed E-state index contributed by atoms with van der Waals surface area (Å²) in [6.07, 6.45) is -10.8. The SMILES string of the molecule is N#Cc1ccc(NCC(O)c2ccc(OC(F)(F)F)cc2)cc1C(F)(F)F. The van der Waals surface area contributed by atoms with Crippen LogP contribution >= 0.6 is 0 Å². The zero-order valence-electron chi connectivity index (χ0n) is 13.4. The second-order valence-electron chi connectivity index (χ2n) is 5.38. The predicted molar refractivity (Wildman–Crippen MR) is 82.7 cm³/mol. The third-order valence-corrected chi connectivity index (χ3v) is 3.44. The number of benzene rings is 2. The van der Waals surface area contributed by atoms with Gasteiger partial charge in [-0.1, -0.05) is 12.1 Å². The van der Waals surface area contributed by atoms with E-state index in [-0.39, 0.29) is 17.8 Å². The van der Waals surface area contributed by atoms with Gasteiger partial charge in [-0.25, -0.2) is 0 Å². The molecule has 144 valence electrons. The maximum atomic E-state index is 12.9. The number of halogens is 6. The Bertz CT molecular complexity index is 825. The average molecular weight is 390 g/mol. The molecule has 10 heteroatoms. The van der Waals surface area contributed by atoms with Crippen LogP contribution in [0.2, 0.25) is 0 Å². The molecule has 0 fully saturated rings. The number of alkyl halides is 6. The highest BCUT2D eigenvalue weighted by Gasteiger charge is 2.34. The number of ether oxygens (including phenoxy) is 1. The van der Waals surface area contributed by atoms with Crippen LogP contribution in [0, 0.1) is 11.3 Å². The van der Waals surface area contributed by atoms with Crippen molar-refractivity contribution >= 4 is 5.69 Å². The second kappa shape index (κ2) is 7.75. The van der Waals surface area contributed by atoms with Gasteiger partial charge >= 0.3 is 12.5 Å². The van der Waals surface area contributed by atoms with Crippen LogP contribution in [0.1, 0.15) is 22.8 Å². The Labute approximate surface area is 149 Å². The van der Waals surface area contributed by atoms with Gasteiger partial charge in [-0.05, 0) is 35.9 Å². The monoisotopic (exact) mass is 390 g/mol. The van der Waals surface area contributed by atoms with Crippen molar-refractivity contribution < 1.29 is 36.2 Å². The minimum atomic E-state index is -4.84. The van der Waals surface area contributed by atoms with Gasteiger partial charge in [-0.2, -0.15) is 18.4 Å². The lowest BCUT2D eigenvalue weighted by molar-refractivity contribution is -0.274. The molecule has 2 aromatic rings. The zero-order chi connectivity index (χ0) is 20.2. The summed E-state index contributed by atoms with van der Waals surface area (Å²) in [4.78, 5) is 0. The topological polar surface area (TPSA) is 65.3 Å². The molecule has 2 N–H and O–H groups in total. The number of anilines is 1. The van der Waals surface area contributed by atoms with Gasteiger partial charge in [0.05, 0.1) is 23.3 Å². The summed E-state index contributed by atoms with van der Waals surface area (Å²) >= 11 is 0. The number of hydrogen-bond donors (Lipinski definition) is 2. The number of aliphatic hydroxyl groups is 1. The van der Waals surface area contributed by atoms with E-state index in [1.54, 1.807) is 0 Å². The van der Waals surface area contributed by atoms with Gasteiger partial charge in [-0.15, -0.1) is 13.2 Å². The van der Waals surface area contributed by atoms with E-state index in [1.807, 2.05) is 0 Å². The summed E-state index contributed by atoms with van der Waals surface area (Å²) in [5.74, 6) is -0.465. The van der Waals surface area contributed by atoms with Gasteiger partial charge in [0.2, 0.25) is 0 Å². The highest BCUT2D eigenvalue weighted by molar-refractivity contribution is 5.53. The second-order valence-corrected chi connectivity index (χ2v) is 5.38. The molecule has 0 radical (unpaired) electrons. The first-order valence-electron chi connectivity index (χ1n) is 7.38. The van der Waals surface area contributed by atoms with E-state index in [0.29, 0.717) is 0 Å². The summed E-state index contributed by atoms with van der Waals surface area (Å²) in [5.41, 5.74) is -1.38. The van der Waals surface area contributed by atoms with Crippen molar-refractivity contribution in [1.29, 1.82) is 5.26 Å². The van der Waals surface area contributed by atoms with Crippen molar-refractivity contribution in [3.05, 3.63) is 59.2 Å². The fourth-order valence-electron chi connectivity index (χ4n) is 2.21. The highest BCUT2D eigenvalue weighted by atomic mass is 19.4. The van der Waals surface area contributed by atoms with E-state index in [0.717, 1.165) is 24.3 Å². The van der Waals surface area contributed by atoms with Crippen LogP contribution in [0.3, 0.4) is 0 Å². The van der Waals surface area contributed by atoms with Crippen molar-refractivity contribution in [3.8, 4) is 11.8 Å². The van der Waals surface area contributed by atoms with E-state index in [4.69, 9.17) is 5.26 Å². The van der Waals surface area contributed by atoms with E-state index in [1.165, 1.54) is 24.3 Å². The molecule has 4 nitrogen and oxygen atoms in total. The molecule has 0 saturated heterocycles. The Morgan fingerprint density at radius 1 is 1.04 bits per heavy atom. The minimum Gasteiger partial charge on any atom is -0.406 e. The predicted octanol–water partition coefficient (Wildman–Crippen LogP) is 4.62. The van der Waals surface area contributed by atoms with Crippen molar-refractivity contribution in [3.63, 3.8) is 0 Å². The largest absolute Gasteiger partial charge is 0.573 e. The van der Waals surface area contributed by atoms with E-state index < -0.39 is 35.5 Å². The summed E-state index contributed by atoms with van der Waals surface area (Å²) < 4.78 is 78.7. The number of hydrogen-bond acceptors (Lipinski definition) is 4. The van der Waals surface area contributed by atoms with Gasteiger partial charge in [-0.3, -0.25) is 0 Å². The van der Waals surface area contributed by atoms with Crippen LogP contribution in [0.5, 0.6) is 5.75 Å². The highest BCUT2D eigenvalue weighted by Crippen LogP contribution is 2.33. The van der Waals surface area contributed by atoms with Crippen LogP contribution in [-0.2, 0) is 6.18 Å². The molecule has 0 amide bonds. The lowest BCUT2D eigenvalue weighted by atomic mass is 10.1. The van der Waals surface area contributed by atoms with Crippen LogP contribution in [-0.4, -0.2) is 18.0 Å². The fourth-order valence-corrected chi connectivity index (χ4v) is 2.21. The van der Waals surface area contributed by atoms with Crippen molar-refractivity contribution in [2.75, 3.05) is 11.9 Å². The van der Waals surface area contributed by atoms with Crippen molar-refractivity contribution in [1.82, 2.24) is 0 Å². The fraction of sp³-hybridized carbons (Fsp3) is 0.235. The summed E-state index contributed by atoms with van der Waals surface area (Å²) in [5, 5.41) is 21.4. The average Bonchev–Trinajstić information content (AvgIpc) is 2.58. The first kappa shape index (κ1) is 20.4. The molecule has 0 aromatic heterocycles. The summed E-state index contributed by atoms with van der Waals surface area (Å²) in [6.45, 7) is -0.206. The molecule has 27 heavy (non-hydrogen) atoms. The van der Waals surface area contributed by atoms with Crippen LogP contribution in [0.4, 0.5) is 32.0 Å². The first-order chi connectivity index (χ1) is 12.5. The normalized spacial score (nSPS) is 13.0. The first-order valence-corrected chi connectivity index (χ1v) is 7.38. The quantitative estimate of drug-likeness (QED) is 0.732. The molecule has 2 aromatic carbocycles. The zero-order valence-corrected chi connectivity index (χ0v) is 13.4. The Kier molecular flexibility index (Phi) is 5.85. The standard InChI is InChI=1S/C17H12F6N2O2/c18-16(19,20)14-7-12(4-1-11(14)8-24)25-9-15(26)10-2-5-13(6-3-10)27-17(21,22)23/h1-7,15,25-26H,9H2. The molecule has 1 atom stereocenters. The van der Waals surface area contributed by atoms with Gasteiger partial charge in [0.15, 0.2) is 0 Å².